The van der Waals surface area contributed by atoms with Gasteiger partial charge in [-0.3, -0.25) is 4.79 Å². The second-order valence-corrected chi connectivity index (χ2v) is 10.3. The van der Waals surface area contributed by atoms with Gasteiger partial charge >= 0.3 is 12.1 Å². The number of carbonyl (C=O) groups excluding carboxylic acids is 1. The number of carboxylic acids is 1. The molecule has 0 radical (unpaired) electrons. The quantitative estimate of drug-likeness (QED) is 0.566. The number of ether oxygens (including phenoxy) is 2. The van der Waals surface area contributed by atoms with E-state index in [0.29, 0.717) is 53.7 Å². The van der Waals surface area contributed by atoms with E-state index in [0.717, 1.165) is 31.2 Å². The Bertz CT molecular complexity index is 1010. The minimum absolute atomic E-state index is 0.133. The van der Waals surface area contributed by atoms with E-state index in [2.05, 4.69) is 29.3 Å². The molecule has 0 aromatic carbocycles. The van der Waals surface area contributed by atoms with Crippen LogP contribution < -0.4 is 10.1 Å². The van der Waals surface area contributed by atoms with E-state index >= 15 is 0 Å². The first-order chi connectivity index (χ1) is 16.2. The third kappa shape index (κ3) is 5.87. The maximum absolute atomic E-state index is 12.1. The van der Waals surface area contributed by atoms with Crippen molar-refractivity contribution in [3.05, 3.63) is 29.6 Å². The van der Waals surface area contributed by atoms with Gasteiger partial charge in [0.05, 0.1) is 37.1 Å². The van der Waals surface area contributed by atoms with E-state index in [-0.39, 0.29) is 18.6 Å². The van der Waals surface area contributed by atoms with Gasteiger partial charge in [-0.1, -0.05) is 19.0 Å². The molecule has 184 valence electrons. The van der Waals surface area contributed by atoms with Crippen molar-refractivity contribution in [3.63, 3.8) is 0 Å². The zero-order valence-electron chi connectivity index (χ0n) is 20.0. The zero-order valence-corrected chi connectivity index (χ0v) is 20.0. The molecule has 2 aliphatic carbocycles. The van der Waals surface area contributed by atoms with Crippen LogP contribution in [0.1, 0.15) is 63.6 Å². The number of hydrogen-bond donors (Lipinski definition) is 2. The number of amides is 1. The molecular formula is C25H33N3O6. The van der Waals surface area contributed by atoms with Crippen molar-refractivity contribution in [3.8, 4) is 17.2 Å². The molecule has 2 aromatic rings. The summed E-state index contributed by atoms with van der Waals surface area (Å²) in [6.07, 6.45) is 6.01. The summed E-state index contributed by atoms with van der Waals surface area (Å²) in [7, 11) is 0. The second kappa shape index (κ2) is 10.0. The van der Waals surface area contributed by atoms with Crippen LogP contribution in [0.3, 0.4) is 0 Å². The summed E-state index contributed by atoms with van der Waals surface area (Å²) in [6, 6.07) is 3.56. The van der Waals surface area contributed by atoms with E-state index in [1.807, 2.05) is 6.92 Å². The normalized spacial score (nSPS) is 22.0. The maximum atomic E-state index is 12.1. The van der Waals surface area contributed by atoms with Crippen LogP contribution in [-0.4, -0.2) is 40.0 Å². The molecule has 2 heterocycles. The highest BCUT2D eigenvalue weighted by molar-refractivity contribution is 5.70. The summed E-state index contributed by atoms with van der Waals surface area (Å²) in [5.41, 5.74) is 2.32. The molecule has 2 N–H and O–H groups in total. The van der Waals surface area contributed by atoms with E-state index in [1.54, 1.807) is 18.3 Å². The molecule has 9 heteroatoms. The zero-order chi connectivity index (χ0) is 24.3. The highest BCUT2D eigenvalue weighted by atomic mass is 16.5. The van der Waals surface area contributed by atoms with Gasteiger partial charge in [-0.2, -0.15) is 0 Å². The topological polar surface area (TPSA) is 124 Å². The number of rotatable bonds is 8. The van der Waals surface area contributed by atoms with E-state index in [9.17, 15) is 14.7 Å². The fourth-order valence-electron chi connectivity index (χ4n) is 5.08. The number of nitrogens with zero attached hydrogens (tertiary/aromatic N) is 2. The van der Waals surface area contributed by atoms with Crippen LogP contribution in [0.5, 0.6) is 5.75 Å². The average molecular weight is 472 g/mol. The van der Waals surface area contributed by atoms with Gasteiger partial charge in [-0.15, -0.1) is 0 Å². The average Bonchev–Trinajstić information content (AvgIpc) is 3.15. The number of aliphatic carboxylic acids is 1. The summed E-state index contributed by atoms with van der Waals surface area (Å²) in [5, 5.41) is 16.1. The summed E-state index contributed by atoms with van der Waals surface area (Å²) < 4.78 is 16.8. The Kier molecular flexibility index (Phi) is 7.09. The number of carboxylic acid groups (broad SMARTS) is 1. The number of nitrogens with one attached hydrogen (secondary N) is 1. The van der Waals surface area contributed by atoms with Crippen LogP contribution in [0.15, 0.2) is 22.9 Å². The fourth-order valence-corrected chi connectivity index (χ4v) is 5.08. The standard InChI is InChI=1S/C25H33N3O6/c1-15-20(13-27-24(31)32-14-16-10-25(2,3)11-16)22(34-28-15)21-8-7-19(12-26-21)33-18-6-4-5-17(9-18)23(29)30/h7-8,12,16-18H,4-6,9-11,13-14H2,1-3H3,(H,27,31)(H,29,30)/t17-,18-/m0/s1. The first-order valence-corrected chi connectivity index (χ1v) is 11.9. The summed E-state index contributed by atoms with van der Waals surface area (Å²) >= 11 is 0. The Morgan fingerprint density at radius 3 is 2.74 bits per heavy atom. The summed E-state index contributed by atoms with van der Waals surface area (Å²) in [4.78, 5) is 27.9. The molecule has 9 nitrogen and oxygen atoms in total. The predicted molar refractivity (Wildman–Crippen MR) is 123 cm³/mol. The number of aryl methyl sites for hydroxylation is 1. The van der Waals surface area contributed by atoms with E-state index in [4.69, 9.17) is 14.0 Å². The van der Waals surface area contributed by atoms with Crippen molar-refractivity contribution in [2.45, 2.75) is 71.9 Å². The molecule has 2 aromatic heterocycles. The van der Waals surface area contributed by atoms with Crippen molar-refractivity contribution < 1.29 is 28.7 Å². The van der Waals surface area contributed by atoms with Crippen LogP contribution in [-0.2, 0) is 16.1 Å². The van der Waals surface area contributed by atoms with E-state index in [1.165, 1.54) is 0 Å². The monoisotopic (exact) mass is 471 g/mol. The first kappa shape index (κ1) is 24.0. The van der Waals surface area contributed by atoms with Crippen molar-refractivity contribution in [1.82, 2.24) is 15.5 Å². The second-order valence-electron chi connectivity index (χ2n) is 10.3. The Morgan fingerprint density at radius 1 is 1.26 bits per heavy atom. The summed E-state index contributed by atoms with van der Waals surface area (Å²) in [6.45, 7) is 6.90. The highest BCUT2D eigenvalue weighted by Gasteiger charge is 2.36. The van der Waals surface area contributed by atoms with Gasteiger partial charge in [0, 0.05) is 5.56 Å². The molecule has 0 bridgehead atoms. The number of carbonyl (C=O) groups is 2. The van der Waals surface area contributed by atoms with Crippen molar-refractivity contribution >= 4 is 12.1 Å². The van der Waals surface area contributed by atoms with Crippen molar-refractivity contribution in [2.75, 3.05) is 6.61 Å². The minimum atomic E-state index is -0.764. The van der Waals surface area contributed by atoms with Crippen LogP contribution in [0.2, 0.25) is 0 Å². The number of aromatic nitrogens is 2. The molecule has 0 saturated heterocycles. The van der Waals surface area contributed by atoms with Crippen molar-refractivity contribution in [1.29, 1.82) is 0 Å². The van der Waals surface area contributed by atoms with E-state index < -0.39 is 12.1 Å². The summed E-state index contributed by atoms with van der Waals surface area (Å²) in [5.74, 6) is 0.374. The third-order valence-electron chi connectivity index (χ3n) is 6.77. The molecule has 2 atom stereocenters. The van der Waals surface area contributed by atoms with Gasteiger partial charge in [0.25, 0.3) is 0 Å². The fraction of sp³-hybridized carbons (Fsp3) is 0.600. The highest BCUT2D eigenvalue weighted by Crippen LogP contribution is 2.44. The molecule has 0 aliphatic heterocycles. The van der Waals surface area contributed by atoms with Crippen LogP contribution in [0.4, 0.5) is 4.79 Å². The van der Waals surface area contributed by atoms with Crippen LogP contribution in [0, 0.1) is 24.2 Å². The predicted octanol–water partition coefficient (Wildman–Crippen LogP) is 4.73. The maximum Gasteiger partial charge on any atom is 0.407 e. The number of hydrogen-bond acceptors (Lipinski definition) is 7. The largest absolute Gasteiger partial charge is 0.489 e. The van der Waals surface area contributed by atoms with Gasteiger partial charge in [0.1, 0.15) is 11.4 Å². The lowest BCUT2D eigenvalue weighted by atomic mass is 9.65. The third-order valence-corrected chi connectivity index (χ3v) is 6.77. The Hall–Kier alpha value is -3.10. The minimum Gasteiger partial charge on any atom is -0.489 e. The molecule has 1 amide bonds. The molecule has 2 saturated carbocycles. The Balaban J connectivity index is 1.31. The van der Waals surface area contributed by atoms with Crippen LogP contribution in [0.25, 0.3) is 11.5 Å². The SMILES string of the molecule is Cc1noc(-c2ccc(O[C@H]3CCC[C@H](C(=O)O)C3)cn2)c1CNC(=O)OCC1CC(C)(C)C1. The Labute approximate surface area is 199 Å². The molecule has 0 spiro atoms. The van der Waals surface area contributed by atoms with Crippen LogP contribution >= 0.6 is 0 Å². The Morgan fingerprint density at radius 2 is 2.06 bits per heavy atom. The smallest absolute Gasteiger partial charge is 0.407 e. The lowest BCUT2D eigenvalue weighted by Gasteiger charge is -2.42. The van der Waals surface area contributed by atoms with Gasteiger partial charge in [-0.25, -0.2) is 9.78 Å². The molecule has 2 fully saturated rings. The number of alkyl carbamates (subject to hydrolysis) is 1. The van der Waals surface area contributed by atoms with Gasteiger partial charge < -0.3 is 24.4 Å². The lowest BCUT2D eigenvalue weighted by Crippen LogP contribution is -2.36. The van der Waals surface area contributed by atoms with Gasteiger partial charge in [0.15, 0.2) is 5.76 Å². The molecule has 0 unspecified atom stereocenters. The molecular weight excluding hydrogens is 438 g/mol. The first-order valence-electron chi connectivity index (χ1n) is 11.9. The van der Waals surface area contributed by atoms with Gasteiger partial charge in [0.2, 0.25) is 0 Å². The van der Waals surface area contributed by atoms with Crippen molar-refractivity contribution in [2.24, 2.45) is 17.3 Å². The lowest BCUT2D eigenvalue weighted by molar-refractivity contribution is -0.143. The van der Waals surface area contributed by atoms with Gasteiger partial charge in [-0.05, 0) is 68.9 Å². The molecule has 34 heavy (non-hydrogen) atoms. The number of pyridine rings is 1. The molecule has 4 rings (SSSR count). The molecule has 2 aliphatic rings.